The van der Waals surface area contributed by atoms with E-state index in [-0.39, 0.29) is 36.8 Å². The molecule has 0 radical (unpaired) electrons. The summed E-state index contributed by atoms with van der Waals surface area (Å²) in [6.45, 7) is 10.7. The Balaban J connectivity index is 0.000000624. The predicted octanol–water partition coefficient (Wildman–Crippen LogP) is 5.44. The molecule has 1 aliphatic heterocycles. The van der Waals surface area contributed by atoms with Crippen molar-refractivity contribution < 1.29 is 47.8 Å². The second-order valence-electron chi connectivity index (χ2n) is 14.2. The summed E-state index contributed by atoms with van der Waals surface area (Å²) >= 11 is 0. The monoisotopic (exact) mass is 847 g/mol. The van der Waals surface area contributed by atoms with Crippen LogP contribution < -0.4 is 20.5 Å². The lowest BCUT2D eigenvalue weighted by Crippen LogP contribution is -2.53. The van der Waals surface area contributed by atoms with E-state index in [1.807, 2.05) is 111 Å². The lowest BCUT2D eigenvalue weighted by molar-refractivity contribution is -0.174. The van der Waals surface area contributed by atoms with Crippen molar-refractivity contribution in [1.29, 1.82) is 5.26 Å². The molecule has 4 N–H and O–H groups in total. The summed E-state index contributed by atoms with van der Waals surface area (Å²) < 4.78 is 37.7. The zero-order valence-electron chi connectivity index (χ0n) is 35.0. The van der Waals surface area contributed by atoms with Gasteiger partial charge in [0.1, 0.15) is 35.6 Å². The standard InChI is InChI=1S/C37H47N2O9P.C6H7N3O2/c1-24(2)39(25(3)4)49(45-23-11-22-38)48-32-33(47-36(42)34(32)46-26(5)40)35(41)37(27-12-9-8-10-13-27,28-14-18-30(43-6)19-15-28)29-16-20-31(44-7)21-17-29;1-4(10)8-5-2-3-7-6(11)9-5/h8-10,12-21,24-25,32-36,41-42H,11,23H2,1-7H3;2-3H,1H3,(H2,7,8,9,10,11)/t32-,33+,34+,35?,36?,49?;/m1./s1. The number of nitrogens with zero attached hydrogens (tertiary/aromatic N) is 3. The number of aliphatic hydroxyl groups is 2. The molecule has 1 aliphatic rings. The highest BCUT2D eigenvalue weighted by molar-refractivity contribution is 7.44. The third-order valence-electron chi connectivity index (χ3n) is 9.45. The van der Waals surface area contributed by atoms with Gasteiger partial charge in [0, 0.05) is 32.1 Å². The maximum Gasteiger partial charge on any atom is 0.346 e. The number of carbonyl (C=O) groups excluding carboxylic acids is 2. The molecule has 4 aromatic rings. The summed E-state index contributed by atoms with van der Waals surface area (Å²) in [5, 5.41) is 35.9. The Labute approximate surface area is 351 Å². The van der Waals surface area contributed by atoms with Gasteiger partial charge in [-0.2, -0.15) is 10.2 Å². The zero-order valence-corrected chi connectivity index (χ0v) is 35.9. The average Bonchev–Trinajstić information content (AvgIpc) is 3.51. The minimum absolute atomic E-state index is 0.0435. The molecule has 0 bridgehead atoms. The van der Waals surface area contributed by atoms with Crippen LogP contribution in [0.15, 0.2) is 95.9 Å². The van der Waals surface area contributed by atoms with Gasteiger partial charge < -0.3 is 48.5 Å². The zero-order chi connectivity index (χ0) is 44.0. The number of aromatic nitrogens is 2. The Hall–Kier alpha value is -5.24. The number of hydrogen-bond acceptors (Lipinski definition) is 14. The number of amides is 1. The van der Waals surface area contributed by atoms with Gasteiger partial charge >= 0.3 is 11.7 Å². The summed E-state index contributed by atoms with van der Waals surface area (Å²) in [6.07, 6.45) is -5.28. The van der Waals surface area contributed by atoms with Crippen LogP contribution in [0.25, 0.3) is 0 Å². The number of aromatic amines is 1. The van der Waals surface area contributed by atoms with Gasteiger partial charge in [-0.3, -0.25) is 9.59 Å². The van der Waals surface area contributed by atoms with Crippen LogP contribution in [0.3, 0.4) is 0 Å². The average molecular weight is 848 g/mol. The predicted molar refractivity (Wildman–Crippen MR) is 224 cm³/mol. The third kappa shape index (κ3) is 11.7. The van der Waals surface area contributed by atoms with Crippen molar-refractivity contribution in [1.82, 2.24) is 14.6 Å². The van der Waals surface area contributed by atoms with E-state index in [1.165, 1.54) is 26.1 Å². The molecule has 3 aromatic carbocycles. The largest absolute Gasteiger partial charge is 0.497 e. The fourth-order valence-corrected chi connectivity index (χ4v) is 8.80. The number of aliphatic hydroxyl groups excluding tert-OH is 2. The molecular formula is C43H54N5O11P. The van der Waals surface area contributed by atoms with Gasteiger partial charge in [-0.15, -0.1) is 0 Å². The molecule has 5 rings (SSSR count). The number of methoxy groups -OCH3 is 2. The van der Waals surface area contributed by atoms with Crippen molar-refractivity contribution in [2.24, 2.45) is 0 Å². The van der Waals surface area contributed by atoms with Crippen LogP contribution in [0.5, 0.6) is 11.5 Å². The van der Waals surface area contributed by atoms with E-state index in [2.05, 4.69) is 21.4 Å². The highest BCUT2D eigenvalue weighted by Crippen LogP contribution is 2.52. The number of rotatable bonds is 17. The molecule has 1 aromatic heterocycles. The molecule has 0 spiro atoms. The minimum Gasteiger partial charge on any atom is -0.497 e. The number of nitriles is 1. The Morgan fingerprint density at radius 3 is 1.93 bits per heavy atom. The molecule has 1 saturated heterocycles. The first-order valence-corrected chi connectivity index (χ1v) is 20.4. The molecule has 16 nitrogen and oxygen atoms in total. The number of hydrogen-bond donors (Lipinski definition) is 4. The van der Waals surface area contributed by atoms with Gasteiger partial charge in [0.2, 0.25) is 5.91 Å². The minimum atomic E-state index is -1.90. The van der Waals surface area contributed by atoms with Gasteiger partial charge in [0.15, 0.2) is 12.4 Å². The summed E-state index contributed by atoms with van der Waals surface area (Å²) in [6, 6.07) is 27.8. The fourth-order valence-electron chi connectivity index (χ4n) is 7.04. The molecule has 1 amide bonds. The Kier molecular flexibility index (Phi) is 17.7. The molecule has 17 heteroatoms. The first-order valence-electron chi connectivity index (χ1n) is 19.3. The van der Waals surface area contributed by atoms with Crippen LogP contribution in [0.1, 0.15) is 64.7 Å². The second kappa shape index (κ2) is 22.4. The number of ether oxygens (including phenoxy) is 4. The highest BCUT2D eigenvalue weighted by atomic mass is 31.2. The van der Waals surface area contributed by atoms with Crippen molar-refractivity contribution >= 4 is 26.2 Å². The van der Waals surface area contributed by atoms with Crippen molar-refractivity contribution in [3.05, 3.63) is 118 Å². The van der Waals surface area contributed by atoms with Crippen molar-refractivity contribution in [3.63, 3.8) is 0 Å². The number of nitrogens with one attached hydrogen (secondary N) is 2. The number of esters is 1. The van der Waals surface area contributed by atoms with E-state index in [4.69, 9.17) is 28.0 Å². The SMILES string of the molecule is CC(=O)Nc1cc[nH]c(=O)n1.COc1ccc(C(c2ccccc2)(c2ccc(OC)cc2)C(O)[C@H]2OC(O)[C@@H](OC(C)=O)[C@@H]2OP(OCCC#N)N(C(C)C)C(C)C)cc1. The fraction of sp³-hybridized carbons (Fsp3) is 0.419. The number of H-pyrrole nitrogens is 1. The van der Waals surface area contributed by atoms with Gasteiger partial charge in [0.25, 0.3) is 8.53 Å². The Morgan fingerprint density at radius 2 is 1.47 bits per heavy atom. The molecule has 322 valence electrons. The molecule has 3 unspecified atom stereocenters. The highest BCUT2D eigenvalue weighted by Gasteiger charge is 2.58. The quantitative estimate of drug-likeness (QED) is 0.0451. The topological polar surface area (TPSA) is 215 Å². The van der Waals surface area contributed by atoms with E-state index >= 15 is 0 Å². The van der Waals surface area contributed by atoms with E-state index < -0.39 is 56.3 Å². The summed E-state index contributed by atoms with van der Waals surface area (Å²) in [7, 11) is 1.26. The van der Waals surface area contributed by atoms with Crippen molar-refractivity contribution in [3.8, 4) is 17.6 Å². The van der Waals surface area contributed by atoms with Crippen molar-refractivity contribution in [2.75, 3.05) is 26.1 Å². The summed E-state index contributed by atoms with van der Waals surface area (Å²) in [5.41, 5.74) is 0.323. The molecule has 60 heavy (non-hydrogen) atoms. The van der Waals surface area contributed by atoms with E-state index in [0.717, 1.165) is 5.56 Å². The molecule has 2 heterocycles. The smallest absolute Gasteiger partial charge is 0.346 e. The third-order valence-corrected chi connectivity index (χ3v) is 11.6. The van der Waals surface area contributed by atoms with Gasteiger partial charge in [0.05, 0.1) is 38.7 Å². The van der Waals surface area contributed by atoms with Crippen LogP contribution in [0, 0.1) is 11.3 Å². The Bertz CT molecular complexity index is 2010. The first kappa shape index (κ1) is 47.4. The summed E-state index contributed by atoms with van der Waals surface area (Å²) in [4.78, 5) is 39.2. The second-order valence-corrected chi connectivity index (χ2v) is 15.6. The molecule has 0 saturated carbocycles. The lowest BCUT2D eigenvalue weighted by Gasteiger charge is -2.44. The number of anilines is 1. The Morgan fingerprint density at radius 1 is 0.917 bits per heavy atom. The van der Waals surface area contributed by atoms with Crippen LogP contribution in [0.2, 0.25) is 0 Å². The molecule has 1 fully saturated rings. The lowest BCUT2D eigenvalue weighted by atomic mass is 9.64. The number of carbonyl (C=O) groups is 2. The molecular weight excluding hydrogens is 793 g/mol. The van der Waals surface area contributed by atoms with E-state index in [9.17, 15) is 29.9 Å². The first-order chi connectivity index (χ1) is 28.7. The maximum atomic E-state index is 13.0. The van der Waals surface area contributed by atoms with Crippen LogP contribution in [-0.4, -0.2) is 100 Å². The molecule has 6 atom stereocenters. The molecule has 0 aliphatic carbocycles. The van der Waals surface area contributed by atoms with Gasteiger partial charge in [-0.25, -0.2) is 9.46 Å². The van der Waals surface area contributed by atoms with E-state index in [1.54, 1.807) is 14.2 Å². The van der Waals surface area contributed by atoms with E-state index in [0.29, 0.717) is 22.6 Å². The van der Waals surface area contributed by atoms with Crippen LogP contribution in [-0.2, 0) is 33.5 Å². The van der Waals surface area contributed by atoms with Crippen LogP contribution in [0.4, 0.5) is 5.82 Å². The normalized spacial score (nSPS) is 18.5. The van der Waals surface area contributed by atoms with Gasteiger partial charge in [-0.05, 0) is 74.7 Å². The van der Waals surface area contributed by atoms with Crippen molar-refractivity contribution in [2.45, 2.75) is 96.2 Å². The van der Waals surface area contributed by atoms with Crippen LogP contribution >= 0.6 is 8.53 Å². The van der Waals surface area contributed by atoms with Gasteiger partial charge in [-0.1, -0.05) is 54.6 Å². The maximum absolute atomic E-state index is 13.0. The number of benzene rings is 3. The summed E-state index contributed by atoms with van der Waals surface area (Å²) in [5.74, 6) is 0.613.